The van der Waals surface area contributed by atoms with E-state index in [2.05, 4.69) is 10.1 Å². The molecule has 0 aromatic heterocycles. The highest BCUT2D eigenvalue weighted by molar-refractivity contribution is 5.96. The standard InChI is InChI=1S/C15H20F3NO3/c1-4-9(2)15(3,21)8-19-13(20)11-6-5-10(16)7-12(11)22-14(17)18/h5-7,9,14,21H,4,8H2,1-3H3,(H,19,20). The van der Waals surface area contributed by atoms with Crippen LogP contribution in [0.1, 0.15) is 37.6 Å². The molecule has 0 aliphatic rings. The average molecular weight is 319 g/mol. The Kier molecular flexibility index (Phi) is 6.22. The van der Waals surface area contributed by atoms with Gasteiger partial charge in [0, 0.05) is 12.6 Å². The van der Waals surface area contributed by atoms with Crippen LogP contribution >= 0.6 is 0 Å². The number of hydrogen-bond donors (Lipinski definition) is 2. The van der Waals surface area contributed by atoms with Crippen LogP contribution in [-0.4, -0.2) is 29.8 Å². The molecular weight excluding hydrogens is 299 g/mol. The summed E-state index contributed by atoms with van der Waals surface area (Å²) < 4.78 is 41.9. The summed E-state index contributed by atoms with van der Waals surface area (Å²) in [6, 6.07) is 2.74. The predicted molar refractivity (Wildman–Crippen MR) is 75.4 cm³/mol. The third-order valence-corrected chi connectivity index (χ3v) is 3.69. The average Bonchev–Trinajstić information content (AvgIpc) is 2.43. The Balaban J connectivity index is 2.85. The van der Waals surface area contributed by atoms with E-state index in [1.807, 2.05) is 13.8 Å². The van der Waals surface area contributed by atoms with Gasteiger partial charge in [0.1, 0.15) is 11.6 Å². The molecule has 0 aliphatic carbocycles. The lowest BCUT2D eigenvalue weighted by atomic mass is 9.88. The van der Waals surface area contributed by atoms with Crippen molar-refractivity contribution in [2.75, 3.05) is 6.54 Å². The molecule has 2 N–H and O–H groups in total. The minimum absolute atomic E-state index is 0.0632. The summed E-state index contributed by atoms with van der Waals surface area (Å²) in [7, 11) is 0. The molecule has 4 nitrogen and oxygen atoms in total. The molecule has 1 aromatic rings. The molecule has 0 spiro atoms. The molecule has 0 saturated heterocycles. The lowest BCUT2D eigenvalue weighted by Crippen LogP contribution is -2.45. The summed E-state index contributed by atoms with van der Waals surface area (Å²) in [5.41, 5.74) is -1.37. The largest absolute Gasteiger partial charge is 0.434 e. The second-order valence-corrected chi connectivity index (χ2v) is 5.37. The lowest BCUT2D eigenvalue weighted by Gasteiger charge is -2.29. The van der Waals surface area contributed by atoms with Crippen LogP contribution in [0.5, 0.6) is 5.75 Å². The first-order valence-electron chi connectivity index (χ1n) is 6.92. The number of rotatable bonds is 7. The molecule has 0 bridgehead atoms. The molecule has 7 heteroatoms. The predicted octanol–water partition coefficient (Wildman–Crippen LogP) is 2.95. The van der Waals surface area contributed by atoms with E-state index in [4.69, 9.17) is 0 Å². The zero-order valence-electron chi connectivity index (χ0n) is 12.7. The van der Waals surface area contributed by atoms with Gasteiger partial charge >= 0.3 is 6.61 Å². The van der Waals surface area contributed by atoms with Crippen LogP contribution in [0.2, 0.25) is 0 Å². The van der Waals surface area contributed by atoms with Crippen molar-refractivity contribution in [2.45, 2.75) is 39.4 Å². The van der Waals surface area contributed by atoms with Gasteiger partial charge < -0.3 is 15.2 Å². The molecule has 2 atom stereocenters. The Hall–Kier alpha value is -1.76. The molecule has 0 fully saturated rings. The van der Waals surface area contributed by atoms with Gasteiger partial charge in [0.25, 0.3) is 5.91 Å². The summed E-state index contributed by atoms with van der Waals surface area (Å²) >= 11 is 0. The maximum atomic E-state index is 13.1. The van der Waals surface area contributed by atoms with Crippen molar-refractivity contribution >= 4 is 5.91 Å². The van der Waals surface area contributed by atoms with E-state index in [0.29, 0.717) is 12.5 Å². The van der Waals surface area contributed by atoms with E-state index < -0.39 is 29.7 Å². The Morgan fingerprint density at radius 3 is 2.64 bits per heavy atom. The molecule has 0 saturated carbocycles. The van der Waals surface area contributed by atoms with Crippen LogP contribution in [0.15, 0.2) is 18.2 Å². The van der Waals surface area contributed by atoms with Crippen LogP contribution in [0, 0.1) is 11.7 Å². The van der Waals surface area contributed by atoms with Gasteiger partial charge in [-0.3, -0.25) is 4.79 Å². The number of ether oxygens (including phenoxy) is 1. The zero-order chi connectivity index (χ0) is 16.9. The maximum Gasteiger partial charge on any atom is 0.387 e. The quantitative estimate of drug-likeness (QED) is 0.812. The van der Waals surface area contributed by atoms with Gasteiger partial charge in [-0.15, -0.1) is 0 Å². The number of nitrogens with one attached hydrogen (secondary N) is 1. The van der Waals surface area contributed by atoms with E-state index in [-0.39, 0.29) is 18.0 Å². The smallest absolute Gasteiger partial charge is 0.387 e. The number of alkyl halides is 2. The van der Waals surface area contributed by atoms with Crippen LogP contribution in [0.4, 0.5) is 13.2 Å². The van der Waals surface area contributed by atoms with Crippen molar-refractivity contribution in [1.82, 2.24) is 5.32 Å². The van der Waals surface area contributed by atoms with Crippen molar-refractivity contribution in [3.05, 3.63) is 29.6 Å². The molecule has 22 heavy (non-hydrogen) atoms. The number of benzene rings is 1. The zero-order valence-corrected chi connectivity index (χ0v) is 12.7. The highest BCUT2D eigenvalue weighted by Crippen LogP contribution is 2.23. The van der Waals surface area contributed by atoms with Gasteiger partial charge in [-0.25, -0.2) is 4.39 Å². The Bertz CT molecular complexity index is 521. The topological polar surface area (TPSA) is 58.6 Å². The number of amides is 1. The monoisotopic (exact) mass is 319 g/mol. The fourth-order valence-electron chi connectivity index (χ4n) is 1.85. The van der Waals surface area contributed by atoms with Crippen molar-refractivity contribution in [1.29, 1.82) is 0 Å². The van der Waals surface area contributed by atoms with Crippen LogP contribution < -0.4 is 10.1 Å². The Labute approximate surface area is 127 Å². The number of halogens is 3. The van der Waals surface area contributed by atoms with E-state index in [1.54, 1.807) is 6.92 Å². The van der Waals surface area contributed by atoms with E-state index in [0.717, 1.165) is 12.1 Å². The van der Waals surface area contributed by atoms with Crippen molar-refractivity contribution < 1.29 is 27.8 Å². The van der Waals surface area contributed by atoms with Gasteiger partial charge in [0.15, 0.2) is 0 Å². The second-order valence-electron chi connectivity index (χ2n) is 5.37. The van der Waals surface area contributed by atoms with Crippen molar-refractivity contribution in [3.8, 4) is 5.75 Å². The number of carbonyl (C=O) groups is 1. The van der Waals surface area contributed by atoms with Gasteiger partial charge in [-0.2, -0.15) is 8.78 Å². The fraction of sp³-hybridized carbons (Fsp3) is 0.533. The molecule has 1 aromatic carbocycles. The minimum Gasteiger partial charge on any atom is -0.434 e. The van der Waals surface area contributed by atoms with E-state index >= 15 is 0 Å². The van der Waals surface area contributed by atoms with Gasteiger partial charge in [-0.05, 0) is 25.0 Å². The lowest BCUT2D eigenvalue weighted by molar-refractivity contribution is -0.0503. The molecule has 2 unspecified atom stereocenters. The summed E-state index contributed by atoms with van der Waals surface area (Å²) in [6.45, 7) is 2.07. The SMILES string of the molecule is CCC(C)C(C)(O)CNC(=O)c1ccc(F)cc1OC(F)F. The summed E-state index contributed by atoms with van der Waals surface area (Å²) in [4.78, 5) is 12.0. The summed E-state index contributed by atoms with van der Waals surface area (Å²) in [5, 5.41) is 12.7. The van der Waals surface area contributed by atoms with Crippen molar-refractivity contribution in [2.24, 2.45) is 5.92 Å². The molecular formula is C15H20F3NO3. The van der Waals surface area contributed by atoms with E-state index in [1.165, 1.54) is 0 Å². The normalized spacial score (nSPS) is 15.3. The van der Waals surface area contributed by atoms with Crippen LogP contribution in [0.25, 0.3) is 0 Å². The third-order valence-electron chi connectivity index (χ3n) is 3.69. The highest BCUT2D eigenvalue weighted by atomic mass is 19.3. The highest BCUT2D eigenvalue weighted by Gasteiger charge is 2.28. The first-order valence-corrected chi connectivity index (χ1v) is 6.92. The van der Waals surface area contributed by atoms with Gasteiger partial charge in [0.2, 0.25) is 0 Å². The van der Waals surface area contributed by atoms with E-state index in [9.17, 15) is 23.1 Å². The number of aliphatic hydroxyl groups is 1. The molecule has 0 heterocycles. The van der Waals surface area contributed by atoms with Crippen molar-refractivity contribution in [3.63, 3.8) is 0 Å². The number of carbonyl (C=O) groups excluding carboxylic acids is 1. The summed E-state index contributed by atoms with van der Waals surface area (Å²) in [6.07, 6.45) is 0.708. The van der Waals surface area contributed by atoms with Gasteiger partial charge in [0.05, 0.1) is 11.2 Å². The molecule has 1 amide bonds. The van der Waals surface area contributed by atoms with Crippen LogP contribution in [0.3, 0.4) is 0 Å². The Morgan fingerprint density at radius 1 is 1.45 bits per heavy atom. The van der Waals surface area contributed by atoms with Gasteiger partial charge in [-0.1, -0.05) is 20.3 Å². The molecule has 1 rings (SSSR count). The Morgan fingerprint density at radius 2 is 2.09 bits per heavy atom. The summed E-state index contributed by atoms with van der Waals surface area (Å²) in [5.74, 6) is -2.13. The first kappa shape index (κ1) is 18.3. The number of hydrogen-bond acceptors (Lipinski definition) is 3. The maximum absolute atomic E-state index is 13.1. The second kappa shape index (κ2) is 7.49. The third kappa shape index (κ3) is 4.91. The fourth-order valence-corrected chi connectivity index (χ4v) is 1.85. The molecule has 0 aliphatic heterocycles. The van der Waals surface area contributed by atoms with Crippen LogP contribution in [-0.2, 0) is 0 Å². The molecule has 124 valence electrons. The minimum atomic E-state index is -3.17. The first-order chi connectivity index (χ1) is 10.2. The molecule has 0 radical (unpaired) electrons.